The Labute approximate surface area is 131 Å². The average molecular weight is 303 g/mol. The Kier molecular flexibility index (Phi) is 5.83. The van der Waals surface area contributed by atoms with Crippen molar-refractivity contribution in [3.63, 3.8) is 0 Å². The normalized spacial score (nSPS) is 10.9. The van der Waals surface area contributed by atoms with Crippen LogP contribution in [0.4, 0.5) is 4.39 Å². The van der Waals surface area contributed by atoms with Crippen LogP contribution in [0.5, 0.6) is 0 Å². The fourth-order valence-corrected chi connectivity index (χ4v) is 3.24. The van der Waals surface area contributed by atoms with Gasteiger partial charge in [0.2, 0.25) is 0 Å². The standard InChI is InChI=1S/C18H22FNS/c1-4-10-20-12-15-6-5-7-16(19)18(15)21-17-9-8-13(2)11-14(17)3/h5-9,11,20H,4,10,12H2,1-3H3. The van der Waals surface area contributed by atoms with E-state index in [1.165, 1.54) is 29.0 Å². The highest BCUT2D eigenvalue weighted by atomic mass is 32.2. The Morgan fingerprint density at radius 1 is 1.14 bits per heavy atom. The molecule has 3 heteroatoms. The van der Waals surface area contributed by atoms with E-state index in [1.54, 1.807) is 6.07 Å². The lowest BCUT2D eigenvalue weighted by Crippen LogP contribution is -2.14. The maximum Gasteiger partial charge on any atom is 0.137 e. The van der Waals surface area contributed by atoms with Gasteiger partial charge in [-0.1, -0.05) is 48.5 Å². The fraction of sp³-hybridized carbons (Fsp3) is 0.333. The second-order valence-corrected chi connectivity index (χ2v) is 6.33. The van der Waals surface area contributed by atoms with Gasteiger partial charge in [0.05, 0.1) is 4.90 Å². The van der Waals surface area contributed by atoms with Crippen LogP contribution in [-0.2, 0) is 6.54 Å². The molecule has 0 aromatic heterocycles. The van der Waals surface area contributed by atoms with Gasteiger partial charge in [-0.3, -0.25) is 0 Å². The number of nitrogens with one attached hydrogen (secondary N) is 1. The van der Waals surface area contributed by atoms with Crippen molar-refractivity contribution in [1.29, 1.82) is 0 Å². The highest BCUT2D eigenvalue weighted by molar-refractivity contribution is 7.99. The van der Waals surface area contributed by atoms with Crippen molar-refractivity contribution in [2.24, 2.45) is 0 Å². The first-order valence-electron chi connectivity index (χ1n) is 7.35. The van der Waals surface area contributed by atoms with Gasteiger partial charge in [0.15, 0.2) is 0 Å². The van der Waals surface area contributed by atoms with Crippen LogP contribution >= 0.6 is 11.8 Å². The number of halogens is 1. The van der Waals surface area contributed by atoms with Gasteiger partial charge in [-0.05, 0) is 50.1 Å². The Morgan fingerprint density at radius 3 is 2.67 bits per heavy atom. The quantitative estimate of drug-likeness (QED) is 0.746. The molecule has 112 valence electrons. The van der Waals surface area contributed by atoms with Crippen molar-refractivity contribution >= 4 is 11.8 Å². The zero-order valence-corrected chi connectivity index (χ0v) is 13.7. The molecule has 21 heavy (non-hydrogen) atoms. The minimum atomic E-state index is -0.143. The average Bonchev–Trinajstić information content (AvgIpc) is 2.45. The molecule has 0 radical (unpaired) electrons. The van der Waals surface area contributed by atoms with Crippen molar-refractivity contribution in [1.82, 2.24) is 5.32 Å². The summed E-state index contributed by atoms with van der Waals surface area (Å²) < 4.78 is 14.2. The predicted octanol–water partition coefficient (Wildman–Crippen LogP) is 5.09. The maximum absolute atomic E-state index is 14.2. The summed E-state index contributed by atoms with van der Waals surface area (Å²) >= 11 is 1.52. The number of aryl methyl sites for hydroxylation is 2. The summed E-state index contributed by atoms with van der Waals surface area (Å²) in [4.78, 5) is 1.84. The fourth-order valence-electron chi connectivity index (χ4n) is 2.23. The van der Waals surface area contributed by atoms with Crippen molar-refractivity contribution in [2.75, 3.05) is 6.54 Å². The van der Waals surface area contributed by atoms with Crippen LogP contribution < -0.4 is 5.32 Å². The summed E-state index contributed by atoms with van der Waals surface area (Å²) in [7, 11) is 0. The van der Waals surface area contributed by atoms with E-state index in [9.17, 15) is 4.39 Å². The Hall–Kier alpha value is -1.32. The molecule has 0 saturated heterocycles. The summed E-state index contributed by atoms with van der Waals surface area (Å²) in [5.74, 6) is -0.143. The highest BCUT2D eigenvalue weighted by Crippen LogP contribution is 2.34. The van der Waals surface area contributed by atoms with Crippen molar-refractivity contribution in [3.05, 3.63) is 58.9 Å². The van der Waals surface area contributed by atoms with E-state index >= 15 is 0 Å². The topological polar surface area (TPSA) is 12.0 Å². The summed E-state index contributed by atoms with van der Waals surface area (Å²) in [6.45, 7) is 7.93. The van der Waals surface area contributed by atoms with Gasteiger partial charge < -0.3 is 5.32 Å². The predicted molar refractivity (Wildman–Crippen MR) is 88.4 cm³/mol. The van der Waals surface area contributed by atoms with Crippen LogP contribution in [0.25, 0.3) is 0 Å². The molecule has 0 aliphatic carbocycles. The van der Waals surface area contributed by atoms with Crippen LogP contribution in [0.15, 0.2) is 46.2 Å². The summed E-state index contributed by atoms with van der Waals surface area (Å²) in [6, 6.07) is 11.6. The SMILES string of the molecule is CCCNCc1cccc(F)c1Sc1ccc(C)cc1C. The van der Waals surface area contributed by atoms with Gasteiger partial charge in [0, 0.05) is 11.4 Å². The third kappa shape index (κ3) is 4.32. The zero-order chi connectivity index (χ0) is 15.2. The van der Waals surface area contributed by atoms with Gasteiger partial charge in [0.25, 0.3) is 0 Å². The zero-order valence-electron chi connectivity index (χ0n) is 12.9. The van der Waals surface area contributed by atoms with Gasteiger partial charge in [0.1, 0.15) is 5.82 Å². The first-order chi connectivity index (χ1) is 10.1. The monoisotopic (exact) mass is 303 g/mol. The molecule has 0 heterocycles. The highest BCUT2D eigenvalue weighted by Gasteiger charge is 2.11. The number of hydrogen-bond donors (Lipinski definition) is 1. The van der Waals surface area contributed by atoms with Crippen LogP contribution in [0.2, 0.25) is 0 Å². The molecule has 2 rings (SSSR count). The third-order valence-corrected chi connectivity index (χ3v) is 4.67. The van der Waals surface area contributed by atoms with Gasteiger partial charge in [-0.25, -0.2) is 4.39 Å². The van der Waals surface area contributed by atoms with E-state index in [1.807, 2.05) is 6.07 Å². The van der Waals surface area contributed by atoms with Crippen LogP contribution in [0.1, 0.15) is 30.0 Å². The van der Waals surface area contributed by atoms with Crippen LogP contribution in [-0.4, -0.2) is 6.54 Å². The van der Waals surface area contributed by atoms with Gasteiger partial charge in [-0.15, -0.1) is 0 Å². The number of hydrogen-bond acceptors (Lipinski definition) is 2. The molecule has 0 unspecified atom stereocenters. The second kappa shape index (κ2) is 7.62. The largest absolute Gasteiger partial charge is 0.313 e. The molecule has 0 saturated carbocycles. The van der Waals surface area contributed by atoms with Crippen LogP contribution in [0, 0.1) is 19.7 Å². The van der Waals surface area contributed by atoms with Crippen LogP contribution in [0.3, 0.4) is 0 Å². The molecular weight excluding hydrogens is 281 g/mol. The van der Waals surface area contributed by atoms with Crippen molar-refractivity contribution in [3.8, 4) is 0 Å². The molecule has 0 fully saturated rings. The smallest absolute Gasteiger partial charge is 0.137 e. The van der Waals surface area contributed by atoms with E-state index in [2.05, 4.69) is 44.3 Å². The second-order valence-electron chi connectivity index (χ2n) is 5.28. The lowest BCUT2D eigenvalue weighted by atomic mass is 10.2. The summed E-state index contributed by atoms with van der Waals surface area (Å²) in [6.07, 6.45) is 1.08. The maximum atomic E-state index is 14.2. The van der Waals surface area contributed by atoms with Crippen molar-refractivity contribution < 1.29 is 4.39 Å². The Morgan fingerprint density at radius 2 is 1.95 bits per heavy atom. The first kappa shape index (κ1) is 16.1. The lowest BCUT2D eigenvalue weighted by molar-refractivity contribution is 0.589. The number of benzene rings is 2. The van der Waals surface area contributed by atoms with E-state index in [-0.39, 0.29) is 5.82 Å². The third-order valence-electron chi connectivity index (χ3n) is 3.33. The van der Waals surface area contributed by atoms with Gasteiger partial charge >= 0.3 is 0 Å². The summed E-state index contributed by atoms with van der Waals surface area (Å²) in [5, 5.41) is 3.35. The van der Waals surface area contributed by atoms with E-state index in [0.29, 0.717) is 6.54 Å². The molecule has 2 aromatic rings. The lowest BCUT2D eigenvalue weighted by Gasteiger charge is -2.13. The number of rotatable bonds is 6. The minimum Gasteiger partial charge on any atom is -0.313 e. The molecule has 1 N–H and O–H groups in total. The molecule has 0 aliphatic rings. The molecule has 2 aromatic carbocycles. The minimum absolute atomic E-state index is 0.143. The molecule has 0 aliphatic heterocycles. The van der Waals surface area contributed by atoms with Crippen molar-refractivity contribution in [2.45, 2.75) is 43.5 Å². The molecule has 0 bridgehead atoms. The van der Waals surface area contributed by atoms with E-state index < -0.39 is 0 Å². The molecule has 0 amide bonds. The van der Waals surface area contributed by atoms with E-state index in [0.717, 1.165) is 28.3 Å². The van der Waals surface area contributed by atoms with Gasteiger partial charge in [-0.2, -0.15) is 0 Å². The van der Waals surface area contributed by atoms with E-state index in [4.69, 9.17) is 0 Å². The molecule has 0 atom stereocenters. The Balaban J connectivity index is 2.25. The molecule has 1 nitrogen and oxygen atoms in total. The molecule has 0 spiro atoms. The first-order valence-corrected chi connectivity index (χ1v) is 8.16. The molecular formula is C18H22FNS. The summed E-state index contributed by atoms with van der Waals surface area (Å²) in [5.41, 5.74) is 3.44. The Bertz CT molecular complexity index is 610.